The molecule has 1 aliphatic rings. The van der Waals surface area contributed by atoms with Gasteiger partial charge in [-0.05, 0) is 31.7 Å². The van der Waals surface area contributed by atoms with Crippen LogP contribution in [0.4, 0.5) is 13.2 Å². The minimum atomic E-state index is -4.27. The van der Waals surface area contributed by atoms with Crippen molar-refractivity contribution in [2.24, 2.45) is 5.92 Å². The molecule has 1 aromatic rings. The SMILES string of the molecule is C[C@H]1[C@@H](c2ccccc2)OC(=O)CC/C=C\C[C@@H](CC(=O)NCCCC(F)(F)F)C(=O)N1C. The first-order valence-electron chi connectivity index (χ1n) is 11.1. The Balaban J connectivity index is 2.12. The van der Waals surface area contributed by atoms with Crippen molar-refractivity contribution in [1.82, 2.24) is 10.2 Å². The average Bonchev–Trinajstić information content (AvgIpc) is 2.77. The fourth-order valence-electron chi connectivity index (χ4n) is 3.64. The molecule has 0 fully saturated rings. The van der Waals surface area contributed by atoms with Gasteiger partial charge in [0.1, 0.15) is 6.10 Å². The molecule has 6 nitrogen and oxygen atoms in total. The van der Waals surface area contributed by atoms with Crippen molar-refractivity contribution in [2.45, 2.75) is 63.8 Å². The van der Waals surface area contributed by atoms with Crippen LogP contribution in [0.3, 0.4) is 0 Å². The summed E-state index contributed by atoms with van der Waals surface area (Å²) in [7, 11) is 1.60. The third-order valence-electron chi connectivity index (χ3n) is 5.63. The number of nitrogens with zero attached hydrogens (tertiary/aromatic N) is 1. The first-order chi connectivity index (χ1) is 15.6. The van der Waals surface area contributed by atoms with Gasteiger partial charge in [0.25, 0.3) is 0 Å². The van der Waals surface area contributed by atoms with E-state index in [0.717, 1.165) is 5.56 Å². The van der Waals surface area contributed by atoms with E-state index >= 15 is 0 Å². The van der Waals surface area contributed by atoms with Gasteiger partial charge in [0.2, 0.25) is 11.8 Å². The van der Waals surface area contributed by atoms with Gasteiger partial charge in [0.05, 0.1) is 12.0 Å². The molecule has 0 bridgehead atoms. The predicted octanol–water partition coefficient (Wildman–Crippen LogP) is 4.32. The molecule has 0 aliphatic carbocycles. The molecule has 33 heavy (non-hydrogen) atoms. The number of ether oxygens (including phenoxy) is 1. The Hall–Kier alpha value is -2.84. The zero-order valence-electron chi connectivity index (χ0n) is 18.9. The van der Waals surface area contributed by atoms with Gasteiger partial charge >= 0.3 is 12.1 Å². The molecule has 2 rings (SSSR count). The fraction of sp³-hybridized carbons (Fsp3) is 0.542. The summed E-state index contributed by atoms with van der Waals surface area (Å²) in [4.78, 5) is 39.4. The van der Waals surface area contributed by atoms with Gasteiger partial charge in [-0.15, -0.1) is 0 Å². The van der Waals surface area contributed by atoms with Crippen molar-refractivity contribution in [1.29, 1.82) is 0 Å². The monoisotopic (exact) mass is 468 g/mol. The summed E-state index contributed by atoms with van der Waals surface area (Å²) in [6, 6.07) is 8.64. The lowest BCUT2D eigenvalue weighted by Crippen LogP contribution is -2.44. The molecular formula is C24H31F3N2O4. The van der Waals surface area contributed by atoms with Gasteiger partial charge in [-0.2, -0.15) is 13.2 Å². The van der Waals surface area contributed by atoms with Crippen LogP contribution in [0, 0.1) is 5.92 Å². The number of alkyl halides is 3. The van der Waals surface area contributed by atoms with E-state index in [1.54, 1.807) is 26.1 Å². The Labute approximate surface area is 192 Å². The number of halogens is 3. The lowest BCUT2D eigenvalue weighted by atomic mass is 9.95. The number of amides is 2. The number of allylic oxidation sites excluding steroid dienone is 2. The number of benzene rings is 1. The van der Waals surface area contributed by atoms with Gasteiger partial charge < -0.3 is 15.0 Å². The Kier molecular flexibility index (Phi) is 9.94. The molecule has 0 radical (unpaired) electrons. The Morgan fingerprint density at radius 2 is 1.88 bits per heavy atom. The molecule has 182 valence electrons. The molecule has 0 spiro atoms. The lowest BCUT2D eigenvalue weighted by Gasteiger charge is -2.34. The topological polar surface area (TPSA) is 75.7 Å². The minimum Gasteiger partial charge on any atom is -0.455 e. The highest BCUT2D eigenvalue weighted by Crippen LogP contribution is 2.28. The molecule has 3 atom stereocenters. The first-order valence-corrected chi connectivity index (χ1v) is 11.1. The number of hydrogen-bond donors (Lipinski definition) is 1. The molecule has 9 heteroatoms. The summed E-state index contributed by atoms with van der Waals surface area (Å²) in [6.07, 6.45) is -1.83. The van der Waals surface area contributed by atoms with Crippen LogP contribution in [0.1, 0.15) is 57.1 Å². The summed E-state index contributed by atoms with van der Waals surface area (Å²) in [5, 5.41) is 2.47. The van der Waals surface area contributed by atoms with Gasteiger partial charge in [-0.3, -0.25) is 14.4 Å². The van der Waals surface area contributed by atoms with Crippen LogP contribution in [-0.2, 0) is 19.1 Å². The van der Waals surface area contributed by atoms with E-state index in [2.05, 4.69) is 5.32 Å². The summed E-state index contributed by atoms with van der Waals surface area (Å²) in [5.74, 6) is -1.81. The van der Waals surface area contributed by atoms with Crippen molar-refractivity contribution in [3.63, 3.8) is 0 Å². The number of nitrogens with one attached hydrogen (secondary N) is 1. The summed E-state index contributed by atoms with van der Waals surface area (Å²) < 4.78 is 42.5. The summed E-state index contributed by atoms with van der Waals surface area (Å²) in [6.45, 7) is 1.67. The van der Waals surface area contributed by atoms with E-state index in [1.165, 1.54) is 4.90 Å². The van der Waals surface area contributed by atoms with E-state index in [9.17, 15) is 27.6 Å². The van der Waals surface area contributed by atoms with Crippen LogP contribution in [0.15, 0.2) is 42.5 Å². The first kappa shape index (κ1) is 26.4. The standard InChI is InChI=1S/C24H31F3N2O4/c1-17-22(18-10-5-3-6-11-18)33-21(31)13-8-4-7-12-19(23(32)29(17)2)16-20(30)28-15-9-14-24(25,26)27/h3-7,10-11,17,19,22H,8-9,12-16H2,1-2H3,(H,28,30)/b7-4-/t17-,19-,22-/m0/s1. The highest BCUT2D eigenvalue weighted by molar-refractivity contribution is 5.86. The molecule has 0 saturated heterocycles. The van der Waals surface area contributed by atoms with Crippen molar-refractivity contribution < 1.29 is 32.3 Å². The zero-order chi connectivity index (χ0) is 24.4. The zero-order valence-corrected chi connectivity index (χ0v) is 18.9. The Bertz CT molecular complexity index is 827. The Morgan fingerprint density at radius 3 is 2.55 bits per heavy atom. The number of cyclic esters (lactones) is 1. The number of carbonyl (C=O) groups is 3. The maximum Gasteiger partial charge on any atom is 0.389 e. The van der Waals surface area contributed by atoms with E-state index in [1.807, 2.05) is 30.3 Å². The third kappa shape index (κ3) is 8.90. The predicted molar refractivity (Wildman–Crippen MR) is 117 cm³/mol. The van der Waals surface area contributed by atoms with Crippen molar-refractivity contribution in [3.05, 3.63) is 48.0 Å². The average molecular weight is 469 g/mol. The fourth-order valence-corrected chi connectivity index (χ4v) is 3.64. The number of hydrogen-bond acceptors (Lipinski definition) is 4. The van der Waals surface area contributed by atoms with E-state index in [4.69, 9.17) is 4.74 Å². The van der Waals surface area contributed by atoms with E-state index in [0.29, 0.717) is 6.42 Å². The van der Waals surface area contributed by atoms with Crippen molar-refractivity contribution >= 4 is 17.8 Å². The van der Waals surface area contributed by atoms with Gasteiger partial charge in [0, 0.05) is 32.9 Å². The maximum absolute atomic E-state index is 13.2. The van der Waals surface area contributed by atoms with Gasteiger partial charge in [-0.1, -0.05) is 42.5 Å². The molecule has 0 saturated carbocycles. The second-order valence-electron chi connectivity index (χ2n) is 8.23. The van der Waals surface area contributed by atoms with Crippen LogP contribution in [0.5, 0.6) is 0 Å². The minimum absolute atomic E-state index is 0.104. The highest BCUT2D eigenvalue weighted by atomic mass is 19.4. The second kappa shape index (κ2) is 12.4. The second-order valence-corrected chi connectivity index (χ2v) is 8.23. The largest absolute Gasteiger partial charge is 0.455 e. The highest BCUT2D eigenvalue weighted by Gasteiger charge is 2.33. The molecule has 1 heterocycles. The third-order valence-corrected chi connectivity index (χ3v) is 5.63. The number of esters is 1. The quantitative estimate of drug-likeness (QED) is 0.383. The van der Waals surface area contributed by atoms with Crippen molar-refractivity contribution in [3.8, 4) is 0 Å². The molecule has 1 aromatic carbocycles. The maximum atomic E-state index is 13.2. The van der Waals surface area contributed by atoms with Gasteiger partial charge in [-0.25, -0.2) is 0 Å². The smallest absolute Gasteiger partial charge is 0.389 e. The molecule has 0 unspecified atom stereocenters. The van der Waals surface area contributed by atoms with E-state index < -0.39 is 36.6 Å². The molecule has 2 amide bonds. The van der Waals surface area contributed by atoms with Crippen LogP contribution < -0.4 is 5.32 Å². The lowest BCUT2D eigenvalue weighted by molar-refractivity contribution is -0.156. The molecule has 1 N–H and O–H groups in total. The van der Waals surface area contributed by atoms with Gasteiger partial charge in [0.15, 0.2) is 0 Å². The van der Waals surface area contributed by atoms with Crippen LogP contribution in [-0.4, -0.2) is 48.5 Å². The van der Waals surface area contributed by atoms with Crippen molar-refractivity contribution in [2.75, 3.05) is 13.6 Å². The number of likely N-dealkylation sites (N-methyl/N-ethyl adjacent to an activating group) is 1. The normalized spacial score (nSPS) is 23.8. The van der Waals surface area contributed by atoms with Crippen LogP contribution in [0.2, 0.25) is 0 Å². The molecular weight excluding hydrogens is 437 g/mol. The number of rotatable bonds is 6. The van der Waals surface area contributed by atoms with Crippen LogP contribution >= 0.6 is 0 Å². The van der Waals surface area contributed by atoms with Crippen LogP contribution in [0.25, 0.3) is 0 Å². The molecule has 1 aliphatic heterocycles. The summed E-state index contributed by atoms with van der Waals surface area (Å²) >= 11 is 0. The Morgan fingerprint density at radius 1 is 1.18 bits per heavy atom. The number of carbonyl (C=O) groups excluding carboxylic acids is 3. The molecule has 0 aromatic heterocycles. The summed E-state index contributed by atoms with van der Waals surface area (Å²) in [5.41, 5.74) is 0.754. The van der Waals surface area contributed by atoms with E-state index in [-0.39, 0.29) is 44.1 Å².